The predicted octanol–water partition coefficient (Wildman–Crippen LogP) is 5.15. The van der Waals surface area contributed by atoms with E-state index in [4.69, 9.17) is 16.3 Å². The molecule has 6 heteroatoms. The van der Waals surface area contributed by atoms with E-state index in [0.29, 0.717) is 23.7 Å². The highest BCUT2D eigenvalue weighted by Crippen LogP contribution is 2.25. The van der Waals surface area contributed by atoms with Gasteiger partial charge in [0.25, 0.3) is 5.91 Å². The van der Waals surface area contributed by atoms with Gasteiger partial charge >= 0.3 is 0 Å². The van der Waals surface area contributed by atoms with Gasteiger partial charge in [0, 0.05) is 28.9 Å². The Labute approximate surface area is 174 Å². The summed E-state index contributed by atoms with van der Waals surface area (Å²) in [6.45, 7) is 4.38. The van der Waals surface area contributed by atoms with Crippen LogP contribution in [0.4, 0.5) is 0 Å². The molecule has 0 saturated carbocycles. The van der Waals surface area contributed by atoms with Crippen LogP contribution in [0.25, 0.3) is 10.6 Å². The van der Waals surface area contributed by atoms with E-state index in [-0.39, 0.29) is 5.91 Å². The van der Waals surface area contributed by atoms with E-state index in [2.05, 4.69) is 17.2 Å². The van der Waals surface area contributed by atoms with Crippen molar-refractivity contribution in [3.63, 3.8) is 0 Å². The standard InChI is InChI=1S/C22H23ClN2O2S/c1-3-16-4-10-20(11-5-16)27-15(2)21(26)24-13-12-19-14-28-22(25-19)17-6-8-18(23)9-7-17/h4-11,14-15H,3,12-13H2,1-2H3,(H,24,26). The van der Waals surface area contributed by atoms with Gasteiger partial charge in [-0.3, -0.25) is 4.79 Å². The molecule has 1 atom stereocenters. The average Bonchev–Trinajstić information content (AvgIpc) is 3.18. The first-order valence-electron chi connectivity index (χ1n) is 9.29. The number of rotatable bonds is 8. The summed E-state index contributed by atoms with van der Waals surface area (Å²) in [4.78, 5) is 16.9. The first-order chi connectivity index (χ1) is 13.5. The highest BCUT2D eigenvalue weighted by molar-refractivity contribution is 7.13. The highest BCUT2D eigenvalue weighted by Gasteiger charge is 2.14. The maximum atomic E-state index is 12.3. The van der Waals surface area contributed by atoms with Crippen LogP contribution in [0.1, 0.15) is 25.1 Å². The molecule has 1 N–H and O–H groups in total. The van der Waals surface area contributed by atoms with Crippen molar-refractivity contribution in [1.82, 2.24) is 10.3 Å². The Hall–Kier alpha value is -2.37. The molecule has 2 aromatic carbocycles. The van der Waals surface area contributed by atoms with E-state index in [1.165, 1.54) is 5.56 Å². The van der Waals surface area contributed by atoms with Gasteiger partial charge in [0.15, 0.2) is 6.10 Å². The molecule has 0 aliphatic rings. The van der Waals surface area contributed by atoms with E-state index < -0.39 is 6.10 Å². The SMILES string of the molecule is CCc1ccc(OC(C)C(=O)NCCc2csc(-c3ccc(Cl)cc3)n2)cc1. The Balaban J connectivity index is 1.46. The van der Waals surface area contributed by atoms with Crippen molar-refractivity contribution in [1.29, 1.82) is 0 Å². The number of carbonyl (C=O) groups excluding carboxylic acids is 1. The van der Waals surface area contributed by atoms with Gasteiger partial charge in [0.05, 0.1) is 5.69 Å². The van der Waals surface area contributed by atoms with Crippen LogP contribution in [-0.4, -0.2) is 23.5 Å². The number of nitrogens with zero attached hydrogens (tertiary/aromatic N) is 1. The molecule has 0 aliphatic heterocycles. The number of amides is 1. The van der Waals surface area contributed by atoms with Gasteiger partial charge in [-0.15, -0.1) is 11.3 Å². The monoisotopic (exact) mass is 414 g/mol. The summed E-state index contributed by atoms with van der Waals surface area (Å²) >= 11 is 7.51. The normalized spacial score (nSPS) is 11.8. The lowest BCUT2D eigenvalue weighted by molar-refractivity contribution is -0.127. The molecule has 0 fully saturated rings. The fourth-order valence-electron chi connectivity index (χ4n) is 2.67. The number of carbonyl (C=O) groups is 1. The van der Waals surface area contributed by atoms with E-state index >= 15 is 0 Å². The molecule has 0 saturated heterocycles. The molecule has 1 unspecified atom stereocenters. The molecule has 28 heavy (non-hydrogen) atoms. The van der Waals surface area contributed by atoms with Crippen LogP contribution in [0.5, 0.6) is 5.75 Å². The van der Waals surface area contributed by atoms with E-state index in [0.717, 1.165) is 22.7 Å². The summed E-state index contributed by atoms with van der Waals surface area (Å²) in [5, 5.41) is 6.59. The topological polar surface area (TPSA) is 51.2 Å². The fourth-order valence-corrected chi connectivity index (χ4v) is 3.65. The van der Waals surface area contributed by atoms with Gasteiger partial charge in [-0.05, 0) is 43.2 Å². The third-order valence-electron chi connectivity index (χ3n) is 4.34. The van der Waals surface area contributed by atoms with E-state index in [9.17, 15) is 4.79 Å². The molecule has 0 bridgehead atoms. The number of aromatic nitrogens is 1. The lowest BCUT2D eigenvalue weighted by Crippen LogP contribution is -2.37. The minimum atomic E-state index is -0.549. The predicted molar refractivity (Wildman–Crippen MR) is 115 cm³/mol. The van der Waals surface area contributed by atoms with Crippen LogP contribution in [-0.2, 0) is 17.6 Å². The smallest absolute Gasteiger partial charge is 0.260 e. The van der Waals surface area contributed by atoms with Gasteiger partial charge in [-0.2, -0.15) is 0 Å². The Morgan fingerprint density at radius 2 is 1.89 bits per heavy atom. The summed E-state index contributed by atoms with van der Waals surface area (Å²) < 4.78 is 5.71. The molecule has 0 aliphatic carbocycles. The van der Waals surface area contributed by atoms with Crippen molar-refractivity contribution >= 4 is 28.8 Å². The van der Waals surface area contributed by atoms with Crippen LogP contribution in [0.2, 0.25) is 5.02 Å². The molecular formula is C22H23ClN2O2S. The summed E-state index contributed by atoms with van der Waals surface area (Å²) in [5.74, 6) is 0.569. The van der Waals surface area contributed by atoms with E-state index in [1.807, 2.05) is 53.9 Å². The largest absolute Gasteiger partial charge is 0.481 e. The zero-order valence-electron chi connectivity index (χ0n) is 15.9. The lowest BCUT2D eigenvalue weighted by atomic mass is 10.2. The summed E-state index contributed by atoms with van der Waals surface area (Å²) in [7, 11) is 0. The molecule has 0 radical (unpaired) electrons. The van der Waals surface area contributed by atoms with E-state index in [1.54, 1.807) is 18.3 Å². The Morgan fingerprint density at radius 1 is 1.18 bits per heavy atom. The molecule has 4 nitrogen and oxygen atoms in total. The van der Waals surface area contributed by atoms with Crippen LogP contribution in [0.15, 0.2) is 53.9 Å². The first-order valence-corrected chi connectivity index (χ1v) is 10.5. The van der Waals surface area contributed by atoms with Gasteiger partial charge in [0.1, 0.15) is 10.8 Å². The Bertz CT molecular complexity index is 907. The number of aryl methyl sites for hydroxylation is 1. The van der Waals surface area contributed by atoms with Crippen molar-refractivity contribution in [2.45, 2.75) is 32.8 Å². The number of hydrogen-bond donors (Lipinski definition) is 1. The number of thiazole rings is 1. The fraction of sp³-hybridized carbons (Fsp3) is 0.273. The Morgan fingerprint density at radius 3 is 2.57 bits per heavy atom. The molecule has 3 aromatic rings. The number of hydrogen-bond acceptors (Lipinski definition) is 4. The van der Waals surface area contributed by atoms with Gasteiger partial charge in [-0.25, -0.2) is 4.98 Å². The van der Waals surface area contributed by atoms with Crippen molar-refractivity contribution < 1.29 is 9.53 Å². The van der Waals surface area contributed by atoms with Crippen molar-refractivity contribution in [2.75, 3.05) is 6.54 Å². The second-order valence-corrected chi connectivity index (χ2v) is 7.74. The molecule has 146 valence electrons. The van der Waals surface area contributed by atoms with Crippen LogP contribution >= 0.6 is 22.9 Å². The number of benzene rings is 2. The third-order valence-corrected chi connectivity index (χ3v) is 5.53. The number of nitrogens with one attached hydrogen (secondary N) is 1. The van der Waals surface area contributed by atoms with Crippen LogP contribution in [0.3, 0.4) is 0 Å². The molecular weight excluding hydrogens is 392 g/mol. The zero-order valence-corrected chi connectivity index (χ0v) is 17.5. The maximum Gasteiger partial charge on any atom is 0.260 e. The Kier molecular flexibility index (Phi) is 7.06. The lowest BCUT2D eigenvalue weighted by Gasteiger charge is -2.14. The molecule has 1 amide bonds. The molecule has 1 aromatic heterocycles. The quantitative estimate of drug-likeness (QED) is 0.554. The van der Waals surface area contributed by atoms with Crippen molar-refractivity contribution in [3.8, 4) is 16.3 Å². The minimum Gasteiger partial charge on any atom is -0.481 e. The first kappa shape index (κ1) is 20.4. The number of ether oxygens (including phenoxy) is 1. The van der Waals surface area contributed by atoms with Gasteiger partial charge in [0.2, 0.25) is 0 Å². The molecule has 0 spiro atoms. The van der Waals surface area contributed by atoms with Gasteiger partial charge in [-0.1, -0.05) is 42.8 Å². The zero-order chi connectivity index (χ0) is 19.9. The summed E-state index contributed by atoms with van der Waals surface area (Å²) in [5.41, 5.74) is 3.24. The average molecular weight is 415 g/mol. The summed E-state index contributed by atoms with van der Waals surface area (Å²) in [6, 6.07) is 15.5. The third kappa shape index (κ3) is 5.57. The minimum absolute atomic E-state index is 0.132. The van der Waals surface area contributed by atoms with Crippen LogP contribution < -0.4 is 10.1 Å². The maximum absolute atomic E-state index is 12.3. The van der Waals surface area contributed by atoms with Crippen molar-refractivity contribution in [3.05, 3.63) is 70.2 Å². The molecule has 1 heterocycles. The van der Waals surface area contributed by atoms with Crippen LogP contribution in [0, 0.1) is 0 Å². The second kappa shape index (κ2) is 9.71. The highest BCUT2D eigenvalue weighted by atomic mass is 35.5. The van der Waals surface area contributed by atoms with Crippen molar-refractivity contribution in [2.24, 2.45) is 0 Å². The van der Waals surface area contributed by atoms with Gasteiger partial charge < -0.3 is 10.1 Å². The number of halogens is 1. The molecule has 3 rings (SSSR count). The summed E-state index contributed by atoms with van der Waals surface area (Å²) in [6.07, 6.45) is 1.10. The second-order valence-electron chi connectivity index (χ2n) is 6.45.